The molecule has 1 N–H and O–H groups in total. The molecule has 0 radical (unpaired) electrons. The maximum absolute atomic E-state index is 9.47. The molecule has 0 amide bonds. The number of hydrogen-bond donors (Lipinski definition) is 1. The van der Waals surface area contributed by atoms with Crippen molar-refractivity contribution in [2.45, 2.75) is 6.10 Å². The first-order valence-corrected chi connectivity index (χ1v) is 5.00. The van der Waals surface area contributed by atoms with Crippen molar-refractivity contribution in [1.29, 1.82) is 0 Å². The molecular weight excluding hydrogens is 284 g/mol. The van der Waals surface area contributed by atoms with E-state index in [1.54, 1.807) is 0 Å². The first-order chi connectivity index (χ1) is 5.66. The lowest BCUT2D eigenvalue weighted by atomic mass is 10.1. The molecule has 0 aliphatic heterocycles. The zero-order valence-corrected chi connectivity index (χ0v) is 9.47. The van der Waals surface area contributed by atoms with Crippen molar-refractivity contribution in [2.75, 3.05) is 0 Å². The molecule has 0 aliphatic carbocycles. The zero-order chi connectivity index (χ0) is 9.14. The van der Waals surface area contributed by atoms with Gasteiger partial charge in [-0.05, 0) is 43.5 Å². The van der Waals surface area contributed by atoms with Crippen LogP contribution in [0.1, 0.15) is 11.7 Å². The van der Waals surface area contributed by atoms with Crippen molar-refractivity contribution in [3.63, 3.8) is 0 Å². The third kappa shape index (κ3) is 1.97. The van der Waals surface area contributed by atoms with Crippen molar-refractivity contribution < 1.29 is 5.11 Å². The first-order valence-electron chi connectivity index (χ1n) is 3.41. The second-order valence-electron chi connectivity index (χ2n) is 2.32. The maximum atomic E-state index is 9.47. The monoisotopic (exact) mass is 290 g/mol. The summed E-state index contributed by atoms with van der Waals surface area (Å²) < 4.78 is 1.80. The van der Waals surface area contributed by atoms with E-state index in [4.69, 9.17) is 0 Å². The molecule has 3 heteroatoms. The molecule has 0 spiro atoms. The zero-order valence-electron chi connectivity index (χ0n) is 6.30. The fraction of sp³-hybridized carbons (Fsp3) is 0.111. The summed E-state index contributed by atoms with van der Waals surface area (Å²) in [7, 11) is 0. The van der Waals surface area contributed by atoms with E-state index < -0.39 is 6.10 Å². The van der Waals surface area contributed by atoms with Crippen molar-refractivity contribution in [1.82, 2.24) is 0 Å². The van der Waals surface area contributed by atoms with Crippen LogP contribution in [0.4, 0.5) is 0 Å². The van der Waals surface area contributed by atoms with Gasteiger partial charge in [0.2, 0.25) is 0 Å². The van der Waals surface area contributed by atoms with E-state index in [9.17, 15) is 5.11 Å². The molecule has 0 saturated carbocycles. The SMILES string of the molecule is C=CC(O)c1cccc(Br)c1Br. The van der Waals surface area contributed by atoms with Gasteiger partial charge >= 0.3 is 0 Å². The Morgan fingerprint density at radius 2 is 2.08 bits per heavy atom. The molecule has 0 fully saturated rings. The molecule has 1 atom stereocenters. The van der Waals surface area contributed by atoms with Gasteiger partial charge in [-0.1, -0.05) is 18.2 Å². The van der Waals surface area contributed by atoms with Gasteiger partial charge in [-0.15, -0.1) is 6.58 Å². The number of benzene rings is 1. The lowest BCUT2D eigenvalue weighted by Gasteiger charge is -2.08. The highest BCUT2D eigenvalue weighted by molar-refractivity contribution is 9.13. The molecular formula is C9H8Br2O. The van der Waals surface area contributed by atoms with Crippen LogP contribution in [0.25, 0.3) is 0 Å². The second kappa shape index (κ2) is 4.21. The van der Waals surface area contributed by atoms with Crippen LogP contribution in [0, 0.1) is 0 Å². The Hall–Kier alpha value is -0.120. The van der Waals surface area contributed by atoms with Gasteiger partial charge < -0.3 is 5.11 Å². The van der Waals surface area contributed by atoms with E-state index in [-0.39, 0.29) is 0 Å². The molecule has 0 aromatic heterocycles. The normalized spacial score (nSPS) is 12.6. The van der Waals surface area contributed by atoms with Gasteiger partial charge in [-0.2, -0.15) is 0 Å². The molecule has 0 bridgehead atoms. The Morgan fingerprint density at radius 1 is 1.42 bits per heavy atom. The minimum atomic E-state index is -0.614. The van der Waals surface area contributed by atoms with Crippen LogP contribution in [0.15, 0.2) is 39.8 Å². The van der Waals surface area contributed by atoms with E-state index in [2.05, 4.69) is 38.4 Å². The molecule has 1 aromatic rings. The summed E-state index contributed by atoms with van der Waals surface area (Å²) in [6.45, 7) is 3.52. The molecule has 0 aliphatic rings. The van der Waals surface area contributed by atoms with E-state index >= 15 is 0 Å². The summed E-state index contributed by atoms with van der Waals surface area (Å²) in [4.78, 5) is 0. The van der Waals surface area contributed by atoms with Crippen LogP contribution in [0.5, 0.6) is 0 Å². The molecule has 1 rings (SSSR count). The van der Waals surface area contributed by atoms with Crippen molar-refractivity contribution in [3.8, 4) is 0 Å². The number of halogens is 2. The molecule has 0 saturated heterocycles. The van der Waals surface area contributed by atoms with E-state index in [1.807, 2.05) is 18.2 Å². The van der Waals surface area contributed by atoms with Gasteiger partial charge in [0, 0.05) is 8.95 Å². The van der Waals surface area contributed by atoms with Crippen LogP contribution in [0.3, 0.4) is 0 Å². The van der Waals surface area contributed by atoms with Crippen molar-refractivity contribution in [2.24, 2.45) is 0 Å². The summed E-state index contributed by atoms with van der Waals surface area (Å²) in [6.07, 6.45) is 0.879. The predicted molar refractivity (Wildman–Crippen MR) is 57.0 cm³/mol. The van der Waals surface area contributed by atoms with Crippen LogP contribution >= 0.6 is 31.9 Å². The second-order valence-corrected chi connectivity index (χ2v) is 3.97. The minimum Gasteiger partial charge on any atom is -0.384 e. The van der Waals surface area contributed by atoms with Gasteiger partial charge in [0.05, 0.1) is 6.10 Å². The maximum Gasteiger partial charge on any atom is 0.0980 e. The number of rotatable bonds is 2. The number of aliphatic hydroxyl groups is 1. The third-order valence-corrected chi connectivity index (χ3v) is 3.60. The molecule has 1 nitrogen and oxygen atoms in total. The largest absolute Gasteiger partial charge is 0.384 e. The lowest BCUT2D eigenvalue weighted by Crippen LogP contribution is -1.93. The summed E-state index contributed by atoms with van der Waals surface area (Å²) in [5, 5.41) is 9.47. The molecule has 64 valence electrons. The van der Waals surface area contributed by atoms with Gasteiger partial charge in [0.25, 0.3) is 0 Å². The Kier molecular flexibility index (Phi) is 3.50. The minimum absolute atomic E-state index is 0.614. The smallest absolute Gasteiger partial charge is 0.0980 e. The average Bonchev–Trinajstić information content (AvgIpc) is 2.08. The average molecular weight is 292 g/mol. The highest BCUT2D eigenvalue weighted by atomic mass is 79.9. The van der Waals surface area contributed by atoms with Crippen LogP contribution in [-0.2, 0) is 0 Å². The first kappa shape index (κ1) is 9.96. The lowest BCUT2D eigenvalue weighted by molar-refractivity contribution is 0.228. The molecule has 12 heavy (non-hydrogen) atoms. The Labute approximate surface area is 88.4 Å². The summed E-state index contributed by atoms with van der Waals surface area (Å²) in [5.74, 6) is 0. The van der Waals surface area contributed by atoms with Crippen LogP contribution < -0.4 is 0 Å². The molecule has 1 unspecified atom stereocenters. The fourth-order valence-corrected chi connectivity index (χ4v) is 1.76. The van der Waals surface area contributed by atoms with Crippen molar-refractivity contribution >= 4 is 31.9 Å². The Bertz CT molecular complexity index is 297. The highest BCUT2D eigenvalue weighted by Crippen LogP contribution is 2.30. The van der Waals surface area contributed by atoms with Crippen LogP contribution in [0.2, 0.25) is 0 Å². The third-order valence-electron chi connectivity index (χ3n) is 1.52. The standard InChI is InChI=1S/C9H8Br2O/c1-2-8(12)6-4-3-5-7(10)9(6)11/h2-5,8,12H,1H2. The van der Waals surface area contributed by atoms with Crippen molar-refractivity contribution in [3.05, 3.63) is 45.4 Å². The number of hydrogen-bond acceptors (Lipinski definition) is 1. The predicted octanol–water partition coefficient (Wildman–Crippen LogP) is 3.43. The Morgan fingerprint density at radius 3 is 2.67 bits per heavy atom. The topological polar surface area (TPSA) is 20.2 Å². The van der Waals surface area contributed by atoms with Crippen LogP contribution in [-0.4, -0.2) is 5.11 Å². The van der Waals surface area contributed by atoms with Gasteiger partial charge in [0.15, 0.2) is 0 Å². The molecule has 0 heterocycles. The fourth-order valence-electron chi connectivity index (χ4n) is 0.876. The van der Waals surface area contributed by atoms with E-state index in [0.717, 1.165) is 14.5 Å². The highest BCUT2D eigenvalue weighted by Gasteiger charge is 2.08. The van der Waals surface area contributed by atoms with E-state index in [0.29, 0.717) is 0 Å². The van der Waals surface area contributed by atoms with Gasteiger partial charge in [-0.25, -0.2) is 0 Å². The van der Waals surface area contributed by atoms with Gasteiger partial charge in [0.1, 0.15) is 0 Å². The summed E-state index contributed by atoms with van der Waals surface area (Å²) in [6, 6.07) is 5.63. The Balaban J connectivity index is 3.15. The quantitative estimate of drug-likeness (QED) is 0.828. The van der Waals surface area contributed by atoms with E-state index in [1.165, 1.54) is 6.08 Å². The molecule has 1 aromatic carbocycles. The number of aliphatic hydroxyl groups excluding tert-OH is 1. The summed E-state index contributed by atoms with van der Waals surface area (Å²) >= 11 is 6.72. The van der Waals surface area contributed by atoms with Gasteiger partial charge in [-0.3, -0.25) is 0 Å². The summed E-state index contributed by atoms with van der Waals surface area (Å²) in [5.41, 5.74) is 0.819.